The van der Waals surface area contributed by atoms with E-state index >= 15 is 0 Å². The molecule has 0 heterocycles. The van der Waals surface area contributed by atoms with Gasteiger partial charge in [0.05, 0.1) is 0 Å². The molecule has 6 heteroatoms. The second-order valence-corrected chi connectivity index (χ2v) is 20.2. The van der Waals surface area contributed by atoms with Crippen molar-refractivity contribution in [2.75, 3.05) is 13.2 Å². The predicted octanol–water partition coefficient (Wildman–Crippen LogP) is 20.9. The van der Waals surface area contributed by atoms with Gasteiger partial charge in [0.25, 0.3) is 0 Å². The van der Waals surface area contributed by atoms with Gasteiger partial charge in [0.2, 0.25) is 0 Å². The third-order valence-electron chi connectivity index (χ3n) is 13.0. The smallest absolute Gasteiger partial charge is 0.306 e. The quantitative estimate of drug-likeness (QED) is 0.0261. The molecule has 0 saturated carbocycles. The van der Waals surface area contributed by atoms with Crippen LogP contribution in [0, 0.1) is 0 Å². The van der Waals surface area contributed by atoms with Crippen LogP contribution in [0.5, 0.6) is 0 Å². The summed E-state index contributed by atoms with van der Waals surface area (Å²) in [4.78, 5) is 38.3. The van der Waals surface area contributed by atoms with Crippen LogP contribution >= 0.6 is 0 Å². The highest BCUT2D eigenvalue weighted by molar-refractivity contribution is 5.71. The van der Waals surface area contributed by atoms with Crippen molar-refractivity contribution in [2.45, 2.75) is 297 Å². The van der Waals surface area contributed by atoms with Gasteiger partial charge in [0.15, 0.2) is 6.10 Å². The Morgan fingerprint density at radius 2 is 0.534 bits per heavy atom. The summed E-state index contributed by atoms with van der Waals surface area (Å²) in [6, 6.07) is 0. The van der Waals surface area contributed by atoms with Crippen molar-refractivity contribution >= 4 is 17.9 Å². The molecule has 0 unspecified atom stereocenters. The number of carbonyl (C=O) groups is 3. The summed E-state index contributed by atoms with van der Waals surface area (Å²) in [7, 11) is 0. The minimum atomic E-state index is -0.800. The van der Waals surface area contributed by atoms with E-state index in [-0.39, 0.29) is 31.1 Å². The Labute approximate surface area is 451 Å². The van der Waals surface area contributed by atoms with Crippen LogP contribution in [0.3, 0.4) is 0 Å². The van der Waals surface area contributed by atoms with Crippen molar-refractivity contribution in [2.24, 2.45) is 0 Å². The minimum absolute atomic E-state index is 0.0970. The predicted molar refractivity (Wildman–Crippen MR) is 316 cm³/mol. The molecule has 0 amide bonds. The number of rotatable bonds is 55. The first kappa shape index (κ1) is 69.3. The van der Waals surface area contributed by atoms with Crippen molar-refractivity contribution in [1.29, 1.82) is 0 Å². The third-order valence-corrected chi connectivity index (χ3v) is 13.0. The zero-order valence-corrected chi connectivity index (χ0v) is 47.9. The first-order valence-corrected chi connectivity index (χ1v) is 30.7. The number of hydrogen-bond acceptors (Lipinski definition) is 6. The Kier molecular flexibility index (Phi) is 57.8. The number of carbonyl (C=O) groups excluding carboxylic acids is 3. The van der Waals surface area contributed by atoms with Gasteiger partial charge < -0.3 is 14.2 Å². The van der Waals surface area contributed by atoms with Gasteiger partial charge in [-0.25, -0.2) is 0 Å². The molecule has 0 aliphatic carbocycles. The van der Waals surface area contributed by atoms with Crippen molar-refractivity contribution in [1.82, 2.24) is 0 Å². The highest BCUT2D eigenvalue weighted by atomic mass is 16.6. The highest BCUT2D eigenvalue weighted by Crippen LogP contribution is 2.15. The van der Waals surface area contributed by atoms with E-state index < -0.39 is 6.10 Å². The molecule has 1 atom stereocenters. The maximum absolute atomic E-state index is 12.9. The normalized spacial score (nSPS) is 12.8. The molecule has 73 heavy (non-hydrogen) atoms. The lowest BCUT2D eigenvalue weighted by Gasteiger charge is -2.18. The Hall–Kier alpha value is -3.67. The van der Waals surface area contributed by atoms with Crippen molar-refractivity contribution < 1.29 is 28.6 Å². The summed E-state index contributed by atoms with van der Waals surface area (Å²) in [5.74, 6) is -0.937. The van der Waals surface area contributed by atoms with Crippen LogP contribution in [0.25, 0.3) is 0 Å². The third kappa shape index (κ3) is 59.1. The summed E-state index contributed by atoms with van der Waals surface area (Å²) in [5, 5.41) is 0. The van der Waals surface area contributed by atoms with E-state index in [1.807, 2.05) is 0 Å². The summed E-state index contributed by atoms with van der Waals surface area (Å²) in [5.41, 5.74) is 0. The molecular weight excluding hydrogens is 901 g/mol. The average Bonchev–Trinajstić information content (AvgIpc) is 3.39. The average molecular weight is 1020 g/mol. The monoisotopic (exact) mass is 1010 g/mol. The van der Waals surface area contributed by atoms with Crippen LogP contribution < -0.4 is 0 Å². The van der Waals surface area contributed by atoms with Gasteiger partial charge in [-0.1, -0.05) is 246 Å². The summed E-state index contributed by atoms with van der Waals surface area (Å²) in [6.45, 7) is 6.47. The van der Waals surface area contributed by atoms with Gasteiger partial charge in [0.1, 0.15) is 13.2 Å². The topological polar surface area (TPSA) is 78.9 Å². The van der Waals surface area contributed by atoms with Crippen LogP contribution in [0.4, 0.5) is 0 Å². The van der Waals surface area contributed by atoms with E-state index in [4.69, 9.17) is 14.2 Å². The molecular formula is C67H114O6. The maximum atomic E-state index is 12.9. The van der Waals surface area contributed by atoms with Crippen LogP contribution in [-0.4, -0.2) is 37.2 Å². The Morgan fingerprint density at radius 1 is 0.288 bits per heavy atom. The van der Waals surface area contributed by atoms with E-state index in [9.17, 15) is 14.4 Å². The van der Waals surface area contributed by atoms with E-state index in [0.717, 1.165) is 122 Å². The van der Waals surface area contributed by atoms with Gasteiger partial charge in [-0.3, -0.25) is 14.4 Å². The lowest BCUT2D eigenvalue weighted by Crippen LogP contribution is -2.30. The molecule has 0 radical (unpaired) electrons. The van der Waals surface area contributed by atoms with Gasteiger partial charge in [-0.15, -0.1) is 0 Å². The van der Waals surface area contributed by atoms with Crippen LogP contribution in [-0.2, 0) is 28.6 Å². The summed E-state index contributed by atoms with van der Waals surface area (Å²) in [6.07, 6.45) is 81.2. The molecule has 6 nitrogen and oxygen atoms in total. The Balaban J connectivity index is 4.44. The molecule has 0 N–H and O–H groups in total. The number of esters is 3. The second-order valence-electron chi connectivity index (χ2n) is 20.2. The molecule has 0 aliphatic heterocycles. The van der Waals surface area contributed by atoms with E-state index in [1.165, 1.54) is 128 Å². The number of allylic oxidation sites excluding steroid dienone is 16. The standard InChI is InChI=1S/C67H114O6/c1-4-7-10-13-16-19-22-25-28-30-32-33-35-37-40-43-46-49-52-55-58-61-67(70)73-64(62-71-65(68)59-56-53-50-47-44-41-38-27-24-21-18-15-12-9-6-3)63-72-66(69)60-57-54-51-48-45-42-39-36-34-31-29-26-23-20-17-14-11-8-5-2/h9,12,17-18,20-21,25-29,34,36,38,42,45,64H,4-8,10-11,13-16,19,22-24,30-33,35,37,39-41,43-44,46-63H2,1-3H3/b12-9-,20-17-,21-18-,28-25-,29-26-,36-34-,38-27-,45-42-/t64-/m1/s1. The lowest BCUT2D eigenvalue weighted by molar-refractivity contribution is -0.167. The molecule has 0 aromatic rings. The van der Waals surface area contributed by atoms with E-state index in [2.05, 4.69) is 118 Å². The summed E-state index contributed by atoms with van der Waals surface area (Å²) >= 11 is 0. The first-order valence-electron chi connectivity index (χ1n) is 30.7. The number of ether oxygens (including phenoxy) is 3. The number of unbranched alkanes of at least 4 members (excludes halogenated alkanes) is 28. The Bertz CT molecular complexity index is 1440. The van der Waals surface area contributed by atoms with Gasteiger partial charge in [-0.2, -0.15) is 0 Å². The highest BCUT2D eigenvalue weighted by Gasteiger charge is 2.19. The van der Waals surface area contributed by atoms with Crippen molar-refractivity contribution in [3.05, 3.63) is 97.2 Å². The zero-order valence-electron chi connectivity index (χ0n) is 47.9. The fraction of sp³-hybridized carbons (Fsp3) is 0.716. The molecule has 0 spiro atoms. The SMILES string of the molecule is CC/C=C\C/C=C\C/C=C\CCCCCCCC(=O)OC[C@H](COC(=O)CCCCC/C=C\C/C=C\C/C=C\C/C=C\CCCCC)OC(=O)CCCCCCCCCCCCC/C=C\CCCCCCCC. The lowest BCUT2D eigenvalue weighted by atomic mass is 10.0. The van der Waals surface area contributed by atoms with Crippen LogP contribution in [0.1, 0.15) is 290 Å². The fourth-order valence-electron chi connectivity index (χ4n) is 8.44. The van der Waals surface area contributed by atoms with Gasteiger partial charge in [-0.05, 0) is 122 Å². The minimum Gasteiger partial charge on any atom is -0.462 e. The molecule has 0 fully saturated rings. The largest absolute Gasteiger partial charge is 0.462 e. The zero-order chi connectivity index (χ0) is 52.9. The molecule has 0 rings (SSSR count). The summed E-state index contributed by atoms with van der Waals surface area (Å²) < 4.78 is 16.9. The number of hydrogen-bond donors (Lipinski definition) is 0. The fourth-order valence-corrected chi connectivity index (χ4v) is 8.44. The molecule has 418 valence electrons. The van der Waals surface area contributed by atoms with E-state index in [0.29, 0.717) is 19.3 Å². The molecule has 0 aromatic heterocycles. The van der Waals surface area contributed by atoms with Crippen LogP contribution in [0.15, 0.2) is 97.2 Å². The molecule has 0 bridgehead atoms. The van der Waals surface area contributed by atoms with Gasteiger partial charge >= 0.3 is 17.9 Å². The van der Waals surface area contributed by atoms with Gasteiger partial charge in [0, 0.05) is 19.3 Å². The van der Waals surface area contributed by atoms with E-state index in [1.54, 1.807) is 0 Å². The Morgan fingerprint density at radius 3 is 0.890 bits per heavy atom. The van der Waals surface area contributed by atoms with Crippen molar-refractivity contribution in [3.8, 4) is 0 Å². The molecule has 0 aliphatic rings. The second kappa shape index (κ2) is 60.9. The molecule has 0 aromatic carbocycles. The van der Waals surface area contributed by atoms with Crippen molar-refractivity contribution in [3.63, 3.8) is 0 Å². The maximum Gasteiger partial charge on any atom is 0.306 e. The van der Waals surface area contributed by atoms with Crippen LogP contribution in [0.2, 0.25) is 0 Å². The first-order chi connectivity index (χ1) is 36.0. The molecule has 0 saturated heterocycles.